The number of thioether (sulfide) groups is 1. The van der Waals surface area contributed by atoms with E-state index < -0.39 is 0 Å². The number of anilines is 2. The highest BCUT2D eigenvalue weighted by Gasteiger charge is 2.22. The maximum absolute atomic E-state index is 12.6. The normalized spacial score (nSPS) is 14.0. The van der Waals surface area contributed by atoms with Crippen molar-refractivity contribution in [2.45, 2.75) is 11.3 Å². The van der Waals surface area contributed by atoms with Gasteiger partial charge in [-0.15, -0.1) is 21.5 Å². The van der Waals surface area contributed by atoms with Crippen LogP contribution in [0.2, 0.25) is 5.02 Å². The zero-order valence-electron chi connectivity index (χ0n) is 16.7. The molecule has 0 bridgehead atoms. The molecule has 1 N–H and O–H groups in total. The number of carbonyl (C=O) groups is 2. The summed E-state index contributed by atoms with van der Waals surface area (Å²) in [4.78, 5) is 29.6. The number of benzene rings is 1. The third-order valence-electron chi connectivity index (χ3n) is 4.72. The lowest BCUT2D eigenvalue weighted by atomic mass is 10.2. The number of nitrogens with one attached hydrogen (secondary N) is 1. The van der Waals surface area contributed by atoms with Crippen molar-refractivity contribution in [2.24, 2.45) is 0 Å². The summed E-state index contributed by atoms with van der Waals surface area (Å²) in [6.45, 7) is 4.88. The summed E-state index contributed by atoms with van der Waals surface area (Å²) < 4.78 is 0.658. The molecule has 162 valence electrons. The van der Waals surface area contributed by atoms with E-state index in [0.29, 0.717) is 33.2 Å². The number of aryl methyl sites for hydroxylation is 1. The van der Waals surface area contributed by atoms with Crippen molar-refractivity contribution in [2.75, 3.05) is 42.1 Å². The van der Waals surface area contributed by atoms with E-state index >= 15 is 0 Å². The first kappa shape index (κ1) is 22.1. The Morgan fingerprint density at radius 1 is 1.16 bits per heavy atom. The van der Waals surface area contributed by atoms with E-state index in [-0.39, 0.29) is 11.8 Å². The van der Waals surface area contributed by atoms with E-state index in [1.807, 2.05) is 47.5 Å². The summed E-state index contributed by atoms with van der Waals surface area (Å²) in [6, 6.07) is 9.60. The molecule has 0 radical (unpaired) electrons. The van der Waals surface area contributed by atoms with Crippen molar-refractivity contribution in [1.29, 1.82) is 0 Å². The fourth-order valence-corrected chi connectivity index (χ4v) is 5.68. The molecular formula is C20H20ClN5O2S3. The molecule has 0 spiro atoms. The maximum Gasteiger partial charge on any atom is 0.267 e. The van der Waals surface area contributed by atoms with E-state index in [9.17, 15) is 9.59 Å². The lowest BCUT2D eigenvalue weighted by molar-refractivity contribution is -0.128. The van der Waals surface area contributed by atoms with Crippen molar-refractivity contribution in [3.05, 3.63) is 51.2 Å². The van der Waals surface area contributed by atoms with Gasteiger partial charge in [-0.25, -0.2) is 0 Å². The monoisotopic (exact) mass is 493 g/mol. The number of hydrogen-bond acceptors (Lipinski definition) is 8. The Morgan fingerprint density at radius 2 is 1.90 bits per heavy atom. The molecule has 3 heterocycles. The van der Waals surface area contributed by atoms with Crippen molar-refractivity contribution < 1.29 is 9.59 Å². The molecule has 1 aliphatic rings. The number of nitrogens with zero attached hydrogens (tertiary/aromatic N) is 4. The van der Waals surface area contributed by atoms with Crippen LogP contribution >= 0.6 is 46.0 Å². The van der Waals surface area contributed by atoms with Crippen molar-refractivity contribution in [3.8, 4) is 0 Å². The van der Waals surface area contributed by atoms with Gasteiger partial charge in [-0.2, -0.15) is 0 Å². The van der Waals surface area contributed by atoms with Crippen molar-refractivity contribution >= 4 is 68.7 Å². The average Bonchev–Trinajstić information content (AvgIpc) is 3.41. The summed E-state index contributed by atoms with van der Waals surface area (Å²) in [5.41, 5.74) is 2.17. The molecule has 0 aliphatic carbocycles. The summed E-state index contributed by atoms with van der Waals surface area (Å²) in [5, 5.41) is 13.9. The number of carbonyl (C=O) groups excluding carboxylic acids is 2. The van der Waals surface area contributed by atoms with Gasteiger partial charge < -0.3 is 9.80 Å². The molecule has 2 amide bonds. The van der Waals surface area contributed by atoms with E-state index in [1.165, 1.54) is 34.4 Å². The van der Waals surface area contributed by atoms with Gasteiger partial charge in [0.05, 0.1) is 10.6 Å². The maximum atomic E-state index is 12.6. The topological polar surface area (TPSA) is 78.4 Å². The SMILES string of the molecule is Cc1csc(C(=O)Nc2nnc(SCC(=O)N3CCN(c4ccc(Cl)cc4)CC3)s2)c1. The number of thiophene rings is 1. The fourth-order valence-electron chi connectivity index (χ4n) is 3.11. The minimum Gasteiger partial charge on any atom is -0.368 e. The molecule has 1 fully saturated rings. The summed E-state index contributed by atoms with van der Waals surface area (Å²) in [5.74, 6) is 0.184. The van der Waals surface area contributed by atoms with Gasteiger partial charge in [0.1, 0.15) is 0 Å². The van der Waals surface area contributed by atoms with Crippen LogP contribution in [0, 0.1) is 6.92 Å². The summed E-state index contributed by atoms with van der Waals surface area (Å²) in [6.07, 6.45) is 0. The molecular weight excluding hydrogens is 474 g/mol. The van der Waals surface area contributed by atoms with Crippen LogP contribution in [0.4, 0.5) is 10.8 Å². The second-order valence-corrected chi connectivity index (χ2v) is 10.5. The highest BCUT2D eigenvalue weighted by Crippen LogP contribution is 2.27. The van der Waals surface area contributed by atoms with E-state index in [2.05, 4.69) is 20.4 Å². The molecule has 7 nitrogen and oxygen atoms in total. The Labute approximate surface area is 197 Å². The predicted molar refractivity (Wildman–Crippen MR) is 128 cm³/mol. The lowest BCUT2D eigenvalue weighted by Crippen LogP contribution is -2.49. The first-order chi connectivity index (χ1) is 15.0. The Morgan fingerprint density at radius 3 is 2.58 bits per heavy atom. The molecule has 4 rings (SSSR count). The van der Waals surface area contributed by atoms with Crippen molar-refractivity contribution in [1.82, 2.24) is 15.1 Å². The molecule has 1 aliphatic heterocycles. The van der Waals surface area contributed by atoms with Crippen LogP contribution in [-0.2, 0) is 4.79 Å². The number of piperazine rings is 1. The van der Waals surface area contributed by atoms with Gasteiger partial charge in [0.2, 0.25) is 11.0 Å². The molecule has 0 saturated carbocycles. The molecule has 0 atom stereocenters. The van der Waals surface area contributed by atoms with Crippen LogP contribution < -0.4 is 10.2 Å². The number of halogens is 1. The first-order valence-electron chi connectivity index (χ1n) is 9.59. The third kappa shape index (κ3) is 5.76. The Kier molecular flexibility index (Phi) is 7.11. The van der Waals surface area contributed by atoms with Crippen LogP contribution in [0.15, 0.2) is 40.1 Å². The summed E-state index contributed by atoms with van der Waals surface area (Å²) >= 11 is 9.97. The minimum atomic E-state index is -0.194. The summed E-state index contributed by atoms with van der Waals surface area (Å²) in [7, 11) is 0. The Hall–Kier alpha value is -2.14. The van der Waals surface area contributed by atoms with Gasteiger partial charge >= 0.3 is 0 Å². The van der Waals surface area contributed by atoms with Crippen molar-refractivity contribution in [3.63, 3.8) is 0 Å². The molecule has 0 unspecified atom stereocenters. The van der Waals surface area contributed by atoms with Gasteiger partial charge in [-0.05, 0) is 48.2 Å². The van der Waals surface area contributed by atoms with E-state index in [0.717, 1.165) is 29.4 Å². The zero-order chi connectivity index (χ0) is 21.8. The van der Waals surface area contributed by atoms with Gasteiger partial charge in [-0.3, -0.25) is 14.9 Å². The first-order valence-corrected chi connectivity index (χ1v) is 12.6. The predicted octanol–water partition coefficient (Wildman–Crippen LogP) is 4.25. The number of rotatable bonds is 6. The number of aromatic nitrogens is 2. The quantitative estimate of drug-likeness (QED) is 0.408. The van der Waals surface area contributed by atoms with Gasteiger partial charge in [0.25, 0.3) is 5.91 Å². The van der Waals surface area contributed by atoms with Crippen LogP contribution in [0.5, 0.6) is 0 Å². The molecule has 31 heavy (non-hydrogen) atoms. The number of amides is 2. The molecule has 3 aromatic rings. The fraction of sp³-hybridized carbons (Fsp3) is 0.300. The second-order valence-electron chi connectivity index (χ2n) is 6.95. The highest BCUT2D eigenvalue weighted by molar-refractivity contribution is 8.01. The second kappa shape index (κ2) is 9.99. The number of hydrogen-bond donors (Lipinski definition) is 1. The van der Waals surface area contributed by atoms with E-state index in [1.54, 1.807) is 0 Å². The van der Waals surface area contributed by atoms with Gasteiger partial charge in [0.15, 0.2) is 4.34 Å². The molecule has 1 aromatic carbocycles. The Balaban J connectivity index is 1.23. The van der Waals surface area contributed by atoms with Crippen LogP contribution in [0.1, 0.15) is 15.2 Å². The smallest absolute Gasteiger partial charge is 0.267 e. The molecule has 11 heteroatoms. The van der Waals surface area contributed by atoms with Gasteiger partial charge in [-0.1, -0.05) is 34.7 Å². The Bertz CT molecular complexity index is 1060. The molecule has 1 saturated heterocycles. The third-order valence-corrected chi connectivity index (χ3v) is 7.98. The standard InChI is InChI=1S/C20H20ClN5O2S3/c1-13-10-16(29-11-13)18(28)22-19-23-24-20(31-19)30-12-17(27)26-8-6-25(7-9-26)15-4-2-14(21)3-5-15/h2-5,10-11H,6-9,12H2,1H3,(H,22,23,28). The van der Waals surface area contributed by atoms with E-state index in [4.69, 9.17) is 11.6 Å². The largest absolute Gasteiger partial charge is 0.368 e. The van der Waals surface area contributed by atoms with Crippen LogP contribution in [0.25, 0.3) is 0 Å². The highest BCUT2D eigenvalue weighted by atomic mass is 35.5. The minimum absolute atomic E-state index is 0.0793. The van der Waals surface area contributed by atoms with Crippen LogP contribution in [0.3, 0.4) is 0 Å². The van der Waals surface area contributed by atoms with Gasteiger partial charge in [0, 0.05) is 36.9 Å². The zero-order valence-corrected chi connectivity index (χ0v) is 19.9. The average molecular weight is 494 g/mol. The molecule has 2 aromatic heterocycles. The lowest BCUT2D eigenvalue weighted by Gasteiger charge is -2.36. The van der Waals surface area contributed by atoms with Crippen LogP contribution in [-0.4, -0.2) is 58.8 Å².